The van der Waals surface area contributed by atoms with E-state index in [1.54, 1.807) is 6.92 Å². The Balaban J connectivity index is 1.55. The first-order chi connectivity index (χ1) is 16.3. The fraction of sp³-hybridized carbons (Fsp3) is 0.385. The van der Waals surface area contributed by atoms with Crippen molar-refractivity contribution in [2.45, 2.75) is 57.8 Å². The minimum atomic E-state index is -1.27. The quantitative estimate of drug-likeness (QED) is 0.573. The maximum atomic E-state index is 14.4. The summed E-state index contributed by atoms with van der Waals surface area (Å²) in [5, 5.41) is 6.74. The number of amides is 2. The first-order valence-corrected chi connectivity index (χ1v) is 11.5. The Bertz CT molecular complexity index is 1130. The lowest BCUT2D eigenvalue weighted by molar-refractivity contribution is -0.138. The minimum Gasteiger partial charge on any atom is -0.343 e. The van der Waals surface area contributed by atoms with Crippen molar-refractivity contribution in [1.29, 1.82) is 0 Å². The molecule has 0 aliphatic carbocycles. The molecule has 0 saturated carbocycles. The van der Waals surface area contributed by atoms with Gasteiger partial charge in [0.2, 0.25) is 17.7 Å². The van der Waals surface area contributed by atoms with E-state index in [0.29, 0.717) is 11.7 Å². The molecule has 2 amide bonds. The lowest BCUT2D eigenvalue weighted by Gasteiger charge is -2.27. The van der Waals surface area contributed by atoms with Gasteiger partial charge in [0.25, 0.3) is 0 Å². The van der Waals surface area contributed by atoms with Crippen LogP contribution in [0.2, 0.25) is 0 Å². The van der Waals surface area contributed by atoms with Gasteiger partial charge in [-0.05, 0) is 29.5 Å². The van der Waals surface area contributed by atoms with E-state index in [0.717, 1.165) is 11.1 Å². The molecule has 1 aromatic heterocycles. The van der Waals surface area contributed by atoms with Gasteiger partial charge in [-0.3, -0.25) is 9.59 Å². The predicted molar refractivity (Wildman–Crippen MR) is 125 cm³/mol. The highest BCUT2D eigenvalue weighted by molar-refractivity contribution is 5.89. The van der Waals surface area contributed by atoms with E-state index < -0.39 is 30.1 Å². The van der Waals surface area contributed by atoms with Crippen molar-refractivity contribution in [3.8, 4) is 0 Å². The number of rotatable bonds is 7. The molecule has 3 aromatic rings. The fourth-order valence-corrected chi connectivity index (χ4v) is 4.27. The van der Waals surface area contributed by atoms with Gasteiger partial charge in [0, 0.05) is 6.42 Å². The second-order valence-electron chi connectivity index (χ2n) is 8.98. The van der Waals surface area contributed by atoms with Crippen molar-refractivity contribution in [3.05, 3.63) is 83.0 Å². The Hall–Kier alpha value is -3.55. The zero-order valence-electron chi connectivity index (χ0n) is 19.6. The molecule has 1 saturated heterocycles. The number of aryl methyl sites for hydroxylation is 1. The Labute approximate surface area is 198 Å². The Morgan fingerprint density at radius 1 is 1.09 bits per heavy atom. The van der Waals surface area contributed by atoms with Gasteiger partial charge < -0.3 is 14.7 Å². The number of aromatic nitrogens is 2. The van der Waals surface area contributed by atoms with E-state index in [1.165, 1.54) is 10.5 Å². The normalized spacial score (nSPS) is 18.8. The minimum absolute atomic E-state index is 0.0474. The molecular formula is C26H29FN4O3. The summed E-state index contributed by atoms with van der Waals surface area (Å²) in [7, 11) is 0. The maximum absolute atomic E-state index is 14.4. The SMILES string of the molecule is Cc1noc(CC(=O)N2CC(F)CC2C(=O)NC(c2ccccc2)c2ccc(C(C)C)cc2)n1. The highest BCUT2D eigenvalue weighted by Gasteiger charge is 2.40. The number of halogens is 1. The third kappa shape index (κ3) is 5.32. The first-order valence-electron chi connectivity index (χ1n) is 11.5. The van der Waals surface area contributed by atoms with Gasteiger partial charge >= 0.3 is 0 Å². The predicted octanol–water partition coefficient (Wildman–Crippen LogP) is 3.89. The van der Waals surface area contributed by atoms with Gasteiger partial charge in [-0.15, -0.1) is 0 Å². The molecule has 3 atom stereocenters. The van der Waals surface area contributed by atoms with Crippen molar-refractivity contribution < 1.29 is 18.5 Å². The molecule has 178 valence electrons. The number of nitrogens with zero attached hydrogens (tertiary/aromatic N) is 3. The van der Waals surface area contributed by atoms with Crippen LogP contribution in [0.4, 0.5) is 4.39 Å². The van der Waals surface area contributed by atoms with Crippen LogP contribution in [0.25, 0.3) is 0 Å². The highest BCUT2D eigenvalue weighted by atomic mass is 19.1. The second-order valence-corrected chi connectivity index (χ2v) is 8.98. The molecular weight excluding hydrogens is 435 g/mol. The summed E-state index contributed by atoms with van der Waals surface area (Å²) in [6.07, 6.45) is -1.49. The molecule has 2 heterocycles. The van der Waals surface area contributed by atoms with Gasteiger partial charge in [-0.2, -0.15) is 4.98 Å². The average Bonchev–Trinajstić information content (AvgIpc) is 3.43. The molecule has 7 nitrogen and oxygen atoms in total. The van der Waals surface area contributed by atoms with Gasteiger partial charge in [-0.1, -0.05) is 73.6 Å². The van der Waals surface area contributed by atoms with Gasteiger partial charge in [0.1, 0.15) is 18.6 Å². The van der Waals surface area contributed by atoms with E-state index in [2.05, 4.69) is 41.4 Å². The molecule has 34 heavy (non-hydrogen) atoms. The van der Waals surface area contributed by atoms with Gasteiger partial charge in [0.05, 0.1) is 12.6 Å². The number of carbonyl (C=O) groups is 2. The van der Waals surface area contributed by atoms with Crippen LogP contribution in [0.15, 0.2) is 59.1 Å². The third-order valence-corrected chi connectivity index (χ3v) is 6.10. The molecule has 0 radical (unpaired) electrons. The fourth-order valence-electron chi connectivity index (χ4n) is 4.27. The van der Waals surface area contributed by atoms with Crippen LogP contribution in [0, 0.1) is 6.92 Å². The van der Waals surface area contributed by atoms with Crippen molar-refractivity contribution in [3.63, 3.8) is 0 Å². The van der Waals surface area contributed by atoms with Crippen molar-refractivity contribution in [2.24, 2.45) is 0 Å². The largest absolute Gasteiger partial charge is 0.343 e. The number of benzene rings is 2. The van der Waals surface area contributed by atoms with Crippen LogP contribution in [0.1, 0.15) is 60.6 Å². The summed E-state index contributed by atoms with van der Waals surface area (Å²) in [4.78, 5) is 31.6. The summed E-state index contributed by atoms with van der Waals surface area (Å²) in [6, 6.07) is 16.4. The lowest BCUT2D eigenvalue weighted by atomic mass is 9.95. The Morgan fingerprint density at radius 3 is 2.35 bits per heavy atom. The lowest BCUT2D eigenvalue weighted by Crippen LogP contribution is -2.47. The molecule has 8 heteroatoms. The van der Waals surface area contributed by atoms with Crippen molar-refractivity contribution in [1.82, 2.24) is 20.4 Å². The van der Waals surface area contributed by atoms with Crippen LogP contribution in [-0.4, -0.2) is 45.6 Å². The van der Waals surface area contributed by atoms with Crippen molar-refractivity contribution in [2.75, 3.05) is 6.54 Å². The number of alkyl halides is 1. The molecule has 1 aliphatic rings. The van der Waals surface area contributed by atoms with E-state index in [-0.39, 0.29) is 25.3 Å². The van der Waals surface area contributed by atoms with Gasteiger partial charge in [-0.25, -0.2) is 4.39 Å². The molecule has 3 unspecified atom stereocenters. The molecule has 1 N–H and O–H groups in total. The second kappa shape index (κ2) is 10.2. The summed E-state index contributed by atoms with van der Waals surface area (Å²) in [5.41, 5.74) is 3.02. The van der Waals surface area contributed by atoms with Crippen molar-refractivity contribution >= 4 is 11.8 Å². The standard InChI is InChI=1S/C26H29FN4O3/c1-16(2)18-9-11-20(12-10-18)25(19-7-5-4-6-8-19)29-26(33)22-13-21(27)15-31(22)24(32)14-23-28-17(3)30-34-23/h4-12,16,21-22,25H,13-15H2,1-3H3,(H,29,33). The molecule has 1 fully saturated rings. The number of hydrogen-bond acceptors (Lipinski definition) is 5. The van der Waals surface area contributed by atoms with E-state index in [4.69, 9.17) is 4.52 Å². The summed E-state index contributed by atoms with van der Waals surface area (Å²) < 4.78 is 19.4. The van der Waals surface area contributed by atoms with Gasteiger partial charge in [0.15, 0.2) is 5.82 Å². The summed E-state index contributed by atoms with van der Waals surface area (Å²) >= 11 is 0. The van der Waals surface area contributed by atoms with E-state index >= 15 is 0 Å². The average molecular weight is 465 g/mol. The number of nitrogens with one attached hydrogen (secondary N) is 1. The smallest absolute Gasteiger partial charge is 0.243 e. The first kappa shape index (κ1) is 23.6. The van der Waals surface area contributed by atoms with Crippen LogP contribution in [0.5, 0.6) is 0 Å². The number of likely N-dealkylation sites (tertiary alicyclic amines) is 1. The maximum Gasteiger partial charge on any atom is 0.243 e. The zero-order valence-corrected chi connectivity index (χ0v) is 19.6. The highest BCUT2D eigenvalue weighted by Crippen LogP contribution is 2.27. The monoisotopic (exact) mass is 464 g/mol. The summed E-state index contributed by atoms with van der Waals surface area (Å²) in [6.45, 7) is 5.77. The van der Waals surface area contributed by atoms with E-state index in [1.807, 2.05) is 42.5 Å². The molecule has 1 aliphatic heterocycles. The number of hydrogen-bond donors (Lipinski definition) is 1. The van der Waals surface area contributed by atoms with Crippen LogP contribution < -0.4 is 5.32 Å². The molecule has 0 bridgehead atoms. The molecule has 2 aromatic carbocycles. The zero-order chi connectivity index (χ0) is 24.2. The third-order valence-electron chi connectivity index (χ3n) is 6.10. The van der Waals surface area contributed by atoms with Crippen LogP contribution in [0.3, 0.4) is 0 Å². The molecule has 4 rings (SSSR count). The van der Waals surface area contributed by atoms with Crippen LogP contribution in [-0.2, 0) is 16.0 Å². The number of carbonyl (C=O) groups excluding carboxylic acids is 2. The van der Waals surface area contributed by atoms with Crippen LogP contribution >= 0.6 is 0 Å². The Morgan fingerprint density at radius 2 is 1.74 bits per heavy atom. The Kier molecular flexibility index (Phi) is 7.05. The molecule has 0 spiro atoms. The van der Waals surface area contributed by atoms with E-state index in [9.17, 15) is 14.0 Å². The topological polar surface area (TPSA) is 88.3 Å². The summed E-state index contributed by atoms with van der Waals surface area (Å²) in [5.74, 6) is 0.145.